The van der Waals surface area contributed by atoms with E-state index in [4.69, 9.17) is 0 Å². The van der Waals surface area contributed by atoms with Crippen molar-refractivity contribution >= 4 is 39.1 Å². The van der Waals surface area contributed by atoms with Crippen molar-refractivity contribution in [1.82, 2.24) is 19.5 Å². The van der Waals surface area contributed by atoms with E-state index >= 15 is 0 Å². The molecule has 1 aliphatic heterocycles. The van der Waals surface area contributed by atoms with Gasteiger partial charge in [-0.1, -0.05) is 18.2 Å². The number of para-hydroxylation sites is 1. The summed E-state index contributed by atoms with van der Waals surface area (Å²) in [5.74, 6) is 1.61. The second-order valence-electron chi connectivity index (χ2n) is 7.09. The number of nitrogens with one attached hydrogen (secondary N) is 1. The predicted octanol–water partition coefficient (Wildman–Crippen LogP) is 3.73. The summed E-state index contributed by atoms with van der Waals surface area (Å²) in [5, 5.41) is 6.60. The Kier molecular flexibility index (Phi) is 4.69. The van der Waals surface area contributed by atoms with Gasteiger partial charge in [-0.2, -0.15) is 0 Å². The Labute approximate surface area is 172 Å². The summed E-state index contributed by atoms with van der Waals surface area (Å²) >= 11 is 1.43. The van der Waals surface area contributed by atoms with Gasteiger partial charge < -0.3 is 14.8 Å². The minimum Gasteiger partial charge on any atom is -0.356 e. The summed E-state index contributed by atoms with van der Waals surface area (Å²) in [6.45, 7) is 1.52. The Morgan fingerprint density at radius 2 is 2.03 bits per heavy atom. The number of hydrogen-bond acceptors (Lipinski definition) is 6. The maximum absolute atomic E-state index is 12.6. The van der Waals surface area contributed by atoms with E-state index in [1.807, 2.05) is 29.8 Å². The third-order valence-corrected chi connectivity index (χ3v) is 5.95. The summed E-state index contributed by atoms with van der Waals surface area (Å²) in [7, 11) is 0. The number of rotatable bonds is 4. The van der Waals surface area contributed by atoms with Crippen LogP contribution < -0.4 is 10.2 Å². The smallest absolute Gasteiger partial charge is 0.231 e. The molecule has 1 aliphatic rings. The number of fused-ring (bicyclic) bond motifs is 1. The quantitative estimate of drug-likeness (QED) is 0.561. The Balaban J connectivity index is 1.37. The highest BCUT2D eigenvalue weighted by atomic mass is 32.1. The summed E-state index contributed by atoms with van der Waals surface area (Å²) in [6, 6.07) is 12.3. The van der Waals surface area contributed by atoms with Crippen LogP contribution in [0.1, 0.15) is 12.8 Å². The molecule has 4 heterocycles. The van der Waals surface area contributed by atoms with Crippen molar-refractivity contribution in [3.05, 3.63) is 60.5 Å². The van der Waals surface area contributed by atoms with Crippen LogP contribution in [0.5, 0.6) is 0 Å². The first-order chi connectivity index (χ1) is 14.3. The van der Waals surface area contributed by atoms with Gasteiger partial charge in [0.1, 0.15) is 18.0 Å². The zero-order valence-electron chi connectivity index (χ0n) is 15.7. The molecule has 5 rings (SSSR count). The highest BCUT2D eigenvalue weighted by Crippen LogP contribution is 2.25. The van der Waals surface area contributed by atoms with Crippen molar-refractivity contribution < 1.29 is 4.79 Å². The molecule has 0 bridgehead atoms. The molecule has 0 saturated carbocycles. The lowest BCUT2D eigenvalue weighted by atomic mass is 9.97. The first-order valence-corrected chi connectivity index (χ1v) is 10.5. The van der Waals surface area contributed by atoms with Crippen LogP contribution in [0.2, 0.25) is 0 Å². The van der Waals surface area contributed by atoms with Crippen LogP contribution in [-0.4, -0.2) is 38.5 Å². The molecule has 1 atom stereocenters. The van der Waals surface area contributed by atoms with E-state index in [1.165, 1.54) is 16.7 Å². The van der Waals surface area contributed by atoms with Crippen LogP contribution in [0.25, 0.3) is 16.7 Å². The molecule has 0 unspecified atom stereocenters. The molecule has 7 nitrogen and oxygen atoms in total. The summed E-state index contributed by atoms with van der Waals surface area (Å²) in [6.07, 6.45) is 7.13. The topological polar surface area (TPSA) is 75.9 Å². The molecule has 29 heavy (non-hydrogen) atoms. The minimum atomic E-state index is -0.0847. The number of piperidine rings is 1. The maximum atomic E-state index is 12.6. The summed E-state index contributed by atoms with van der Waals surface area (Å²) in [5.41, 5.74) is 1.11. The van der Waals surface area contributed by atoms with E-state index < -0.39 is 0 Å². The van der Waals surface area contributed by atoms with Crippen molar-refractivity contribution in [2.75, 3.05) is 23.3 Å². The van der Waals surface area contributed by atoms with Gasteiger partial charge in [-0.05, 0) is 30.4 Å². The van der Waals surface area contributed by atoms with Gasteiger partial charge in [0.15, 0.2) is 5.13 Å². The average molecular weight is 404 g/mol. The maximum Gasteiger partial charge on any atom is 0.231 e. The number of nitrogens with zero attached hydrogens (tertiary/aromatic N) is 5. The van der Waals surface area contributed by atoms with Gasteiger partial charge in [0.2, 0.25) is 5.91 Å². The van der Waals surface area contributed by atoms with Gasteiger partial charge in [0.25, 0.3) is 0 Å². The summed E-state index contributed by atoms with van der Waals surface area (Å²) in [4.78, 5) is 27.9. The molecule has 1 aromatic carbocycles. The van der Waals surface area contributed by atoms with E-state index in [9.17, 15) is 4.79 Å². The van der Waals surface area contributed by atoms with Crippen molar-refractivity contribution in [2.24, 2.45) is 5.92 Å². The van der Waals surface area contributed by atoms with Gasteiger partial charge in [0, 0.05) is 36.9 Å². The number of carbonyl (C=O) groups is 1. The lowest BCUT2D eigenvalue weighted by Crippen LogP contribution is -2.41. The fourth-order valence-electron chi connectivity index (χ4n) is 3.82. The molecule has 8 heteroatoms. The molecule has 0 spiro atoms. The van der Waals surface area contributed by atoms with Crippen molar-refractivity contribution in [3.63, 3.8) is 0 Å². The third-order valence-electron chi connectivity index (χ3n) is 5.26. The first-order valence-electron chi connectivity index (χ1n) is 9.62. The van der Waals surface area contributed by atoms with E-state index in [-0.39, 0.29) is 11.8 Å². The highest BCUT2D eigenvalue weighted by molar-refractivity contribution is 7.13. The van der Waals surface area contributed by atoms with Crippen LogP contribution in [0, 0.1) is 5.92 Å². The van der Waals surface area contributed by atoms with Crippen molar-refractivity contribution in [2.45, 2.75) is 12.8 Å². The van der Waals surface area contributed by atoms with Crippen molar-refractivity contribution in [3.8, 4) is 5.82 Å². The molecule has 4 aromatic rings. The second-order valence-corrected chi connectivity index (χ2v) is 7.99. The van der Waals surface area contributed by atoms with Crippen LogP contribution >= 0.6 is 11.3 Å². The van der Waals surface area contributed by atoms with Crippen molar-refractivity contribution in [1.29, 1.82) is 0 Å². The van der Waals surface area contributed by atoms with Crippen LogP contribution in [0.3, 0.4) is 0 Å². The fourth-order valence-corrected chi connectivity index (χ4v) is 4.35. The van der Waals surface area contributed by atoms with Gasteiger partial charge in [-0.25, -0.2) is 15.0 Å². The van der Waals surface area contributed by atoms with Crippen LogP contribution in [0.15, 0.2) is 60.5 Å². The Bertz CT molecular complexity index is 1140. The van der Waals surface area contributed by atoms with Gasteiger partial charge >= 0.3 is 0 Å². The number of aromatic nitrogens is 4. The molecule has 1 fully saturated rings. The first kappa shape index (κ1) is 17.8. The number of thiazole rings is 1. The van der Waals surface area contributed by atoms with E-state index in [0.29, 0.717) is 11.7 Å². The predicted molar refractivity (Wildman–Crippen MR) is 115 cm³/mol. The van der Waals surface area contributed by atoms with Gasteiger partial charge in [0.05, 0.1) is 11.4 Å². The number of anilines is 2. The molecule has 1 amide bonds. The number of amides is 1. The molecular formula is C21H20N6OS. The fraction of sp³-hybridized carbons (Fsp3) is 0.238. The minimum absolute atomic E-state index is 0.0235. The standard InChI is InChI=1S/C21H20N6OS/c28-20(25-21-22-8-11-29-21)16-5-3-9-26(13-16)18-12-19(24-14-23-18)27-10-7-15-4-1-2-6-17(15)27/h1-2,4,6-8,10-12,14,16H,3,5,9,13H2,(H,22,25,28)/t16-/m0/s1. The molecule has 3 aromatic heterocycles. The second kappa shape index (κ2) is 7.63. The van der Waals surface area contributed by atoms with E-state index in [0.717, 1.165) is 36.5 Å². The van der Waals surface area contributed by atoms with E-state index in [2.05, 4.69) is 47.9 Å². The Morgan fingerprint density at radius 3 is 2.93 bits per heavy atom. The zero-order chi connectivity index (χ0) is 19.6. The largest absolute Gasteiger partial charge is 0.356 e. The van der Waals surface area contributed by atoms with Gasteiger partial charge in [-0.3, -0.25) is 4.79 Å². The normalized spacial score (nSPS) is 16.8. The molecule has 0 aliphatic carbocycles. The summed E-state index contributed by atoms with van der Waals surface area (Å²) < 4.78 is 2.07. The SMILES string of the molecule is O=C(Nc1nccs1)[C@H]1CCCN(c2cc(-n3ccc4ccccc43)ncn2)C1. The molecule has 1 saturated heterocycles. The molecule has 0 radical (unpaired) electrons. The molecule has 1 N–H and O–H groups in total. The number of carbonyl (C=O) groups excluding carboxylic acids is 1. The monoisotopic (exact) mass is 404 g/mol. The van der Waals surface area contributed by atoms with Crippen LogP contribution in [-0.2, 0) is 4.79 Å². The molecule has 146 valence electrons. The van der Waals surface area contributed by atoms with E-state index in [1.54, 1.807) is 12.5 Å². The third kappa shape index (κ3) is 3.58. The highest BCUT2D eigenvalue weighted by Gasteiger charge is 2.27. The Morgan fingerprint density at radius 1 is 1.14 bits per heavy atom. The lowest BCUT2D eigenvalue weighted by molar-refractivity contribution is -0.120. The number of benzene rings is 1. The van der Waals surface area contributed by atoms with Crippen LogP contribution in [0.4, 0.5) is 10.9 Å². The zero-order valence-corrected chi connectivity index (χ0v) is 16.5. The van der Waals surface area contributed by atoms with Gasteiger partial charge in [-0.15, -0.1) is 11.3 Å². The average Bonchev–Trinajstić information content (AvgIpc) is 3.44. The molecular weight excluding hydrogens is 384 g/mol. The lowest BCUT2D eigenvalue weighted by Gasteiger charge is -2.32. The Hall–Kier alpha value is -3.26. The number of hydrogen-bond donors (Lipinski definition) is 1.